The summed E-state index contributed by atoms with van der Waals surface area (Å²) in [6.45, 7) is 2.77. The molecule has 6 nitrogen and oxygen atoms in total. The smallest absolute Gasteiger partial charge is 0.242 e. The largest absolute Gasteiger partial charge is 0.383 e. The van der Waals surface area contributed by atoms with E-state index in [4.69, 9.17) is 10.5 Å². The summed E-state index contributed by atoms with van der Waals surface area (Å²) in [5.41, 5.74) is 5.83. The van der Waals surface area contributed by atoms with Crippen LogP contribution in [0.5, 0.6) is 0 Å². The maximum absolute atomic E-state index is 11.7. The lowest BCUT2D eigenvalue weighted by Gasteiger charge is -2.20. The van der Waals surface area contributed by atoms with E-state index in [-0.39, 0.29) is 11.9 Å². The molecule has 0 bridgehead atoms. The van der Waals surface area contributed by atoms with E-state index in [1.54, 1.807) is 14.0 Å². The molecular formula is C13H26N4O2. The number of amides is 1. The average Bonchev–Trinajstić information content (AvgIpc) is 2.39. The highest BCUT2D eigenvalue weighted by Gasteiger charge is 2.15. The first-order chi connectivity index (χ1) is 9.13. The van der Waals surface area contributed by atoms with Gasteiger partial charge in [0.05, 0.1) is 12.6 Å². The summed E-state index contributed by atoms with van der Waals surface area (Å²) in [7, 11) is 1.60. The average molecular weight is 270 g/mol. The zero-order valence-corrected chi connectivity index (χ0v) is 11.9. The van der Waals surface area contributed by atoms with Crippen molar-refractivity contribution in [3.63, 3.8) is 0 Å². The van der Waals surface area contributed by atoms with Crippen molar-refractivity contribution >= 4 is 11.9 Å². The predicted octanol–water partition coefficient (Wildman–Crippen LogP) is 0.375. The van der Waals surface area contributed by atoms with Crippen molar-refractivity contribution < 1.29 is 9.53 Å². The molecule has 1 rings (SSSR count). The van der Waals surface area contributed by atoms with Crippen molar-refractivity contribution in [2.45, 2.75) is 51.1 Å². The van der Waals surface area contributed by atoms with Gasteiger partial charge in [0.15, 0.2) is 5.96 Å². The second kappa shape index (κ2) is 8.74. The normalized spacial score (nSPS) is 18.9. The van der Waals surface area contributed by atoms with Gasteiger partial charge in [-0.05, 0) is 19.8 Å². The summed E-state index contributed by atoms with van der Waals surface area (Å²) in [6.07, 6.45) is 5.91. The van der Waals surface area contributed by atoms with Crippen LogP contribution in [0.1, 0.15) is 39.0 Å². The molecule has 0 aliphatic heterocycles. The lowest BCUT2D eigenvalue weighted by molar-refractivity contribution is -0.122. The van der Waals surface area contributed by atoms with Crippen LogP contribution in [0.4, 0.5) is 0 Å². The fourth-order valence-electron chi connectivity index (χ4n) is 2.16. The Morgan fingerprint density at radius 1 is 1.42 bits per heavy atom. The molecule has 1 aliphatic rings. The monoisotopic (exact) mass is 270 g/mol. The van der Waals surface area contributed by atoms with Gasteiger partial charge in [-0.3, -0.25) is 9.79 Å². The molecule has 1 saturated carbocycles. The van der Waals surface area contributed by atoms with Crippen LogP contribution in [0, 0.1) is 0 Å². The van der Waals surface area contributed by atoms with E-state index in [2.05, 4.69) is 15.6 Å². The van der Waals surface area contributed by atoms with E-state index in [0.29, 0.717) is 25.2 Å². The molecule has 1 atom stereocenters. The number of hydrogen-bond donors (Lipinski definition) is 3. The molecule has 19 heavy (non-hydrogen) atoms. The van der Waals surface area contributed by atoms with E-state index in [1.807, 2.05) is 0 Å². The number of guanidine groups is 1. The van der Waals surface area contributed by atoms with Gasteiger partial charge in [-0.1, -0.05) is 19.3 Å². The molecule has 1 aliphatic carbocycles. The standard InChI is InChI=1S/C13H26N4O2/c1-10(12(18)15-8-9-19-2)16-13(14)17-11-6-4-3-5-7-11/h10-11H,3-9H2,1-2H3,(H,15,18)(H3,14,16,17). The Kier molecular flexibility index (Phi) is 7.25. The maximum Gasteiger partial charge on any atom is 0.242 e. The van der Waals surface area contributed by atoms with Gasteiger partial charge >= 0.3 is 0 Å². The van der Waals surface area contributed by atoms with Gasteiger partial charge in [0.2, 0.25) is 5.91 Å². The van der Waals surface area contributed by atoms with Gasteiger partial charge in [-0.2, -0.15) is 0 Å². The summed E-state index contributed by atoms with van der Waals surface area (Å²) in [5, 5.41) is 5.68. The lowest BCUT2D eigenvalue weighted by atomic mass is 9.96. The molecule has 1 unspecified atom stereocenters. The summed E-state index contributed by atoms with van der Waals surface area (Å²) in [5.74, 6) is 0.264. The van der Waals surface area contributed by atoms with Crippen molar-refractivity contribution in [1.82, 2.24) is 10.6 Å². The molecule has 0 spiro atoms. The minimum absolute atomic E-state index is 0.0983. The highest BCUT2D eigenvalue weighted by molar-refractivity contribution is 5.87. The first-order valence-electron chi connectivity index (χ1n) is 7.00. The number of ether oxygens (including phenoxy) is 1. The van der Waals surface area contributed by atoms with Crippen LogP contribution in [0.2, 0.25) is 0 Å². The van der Waals surface area contributed by atoms with Crippen LogP contribution in [0.3, 0.4) is 0 Å². The van der Waals surface area contributed by atoms with Crippen LogP contribution < -0.4 is 16.4 Å². The highest BCUT2D eigenvalue weighted by Crippen LogP contribution is 2.19. The molecular weight excluding hydrogens is 244 g/mol. The molecule has 6 heteroatoms. The van der Waals surface area contributed by atoms with Gasteiger partial charge in [0, 0.05) is 13.7 Å². The third-order valence-corrected chi connectivity index (χ3v) is 3.26. The van der Waals surface area contributed by atoms with Crippen molar-refractivity contribution in [1.29, 1.82) is 0 Å². The topological polar surface area (TPSA) is 88.7 Å². The van der Waals surface area contributed by atoms with Crippen molar-refractivity contribution in [2.24, 2.45) is 10.7 Å². The van der Waals surface area contributed by atoms with Crippen LogP contribution >= 0.6 is 0 Å². The first-order valence-corrected chi connectivity index (χ1v) is 7.00. The third-order valence-electron chi connectivity index (χ3n) is 3.26. The summed E-state index contributed by atoms with van der Waals surface area (Å²) in [6, 6.07) is -0.0748. The Morgan fingerprint density at radius 2 is 2.11 bits per heavy atom. The first kappa shape index (κ1) is 15.8. The summed E-state index contributed by atoms with van der Waals surface area (Å²) in [4.78, 5) is 16.1. The van der Waals surface area contributed by atoms with Gasteiger partial charge in [-0.15, -0.1) is 0 Å². The Balaban J connectivity index is 2.31. The predicted molar refractivity (Wildman–Crippen MR) is 76.0 cm³/mol. The zero-order chi connectivity index (χ0) is 14.1. The molecule has 0 heterocycles. The molecule has 110 valence electrons. The van der Waals surface area contributed by atoms with E-state index in [1.165, 1.54) is 19.3 Å². The van der Waals surface area contributed by atoms with Crippen molar-refractivity contribution in [2.75, 3.05) is 20.3 Å². The maximum atomic E-state index is 11.7. The Labute approximate surface area is 115 Å². The number of methoxy groups -OCH3 is 1. The molecule has 1 amide bonds. The molecule has 0 aromatic heterocycles. The van der Waals surface area contributed by atoms with Crippen LogP contribution in [-0.4, -0.2) is 44.2 Å². The second-order valence-electron chi connectivity index (χ2n) is 4.96. The Bertz CT molecular complexity index is 301. The van der Waals surface area contributed by atoms with E-state index in [9.17, 15) is 4.79 Å². The summed E-state index contributed by atoms with van der Waals surface area (Å²) >= 11 is 0. The number of carbonyl (C=O) groups excluding carboxylic acids is 1. The number of hydrogen-bond acceptors (Lipinski definition) is 3. The minimum Gasteiger partial charge on any atom is -0.383 e. The molecule has 1 fully saturated rings. The number of aliphatic imine (C=N–C) groups is 1. The van der Waals surface area contributed by atoms with E-state index in [0.717, 1.165) is 12.8 Å². The molecule has 0 aromatic rings. The van der Waals surface area contributed by atoms with Crippen molar-refractivity contribution in [3.8, 4) is 0 Å². The molecule has 0 radical (unpaired) electrons. The van der Waals surface area contributed by atoms with Crippen LogP contribution in [-0.2, 0) is 9.53 Å². The summed E-state index contributed by atoms with van der Waals surface area (Å²) < 4.78 is 4.87. The van der Waals surface area contributed by atoms with Crippen LogP contribution in [0.25, 0.3) is 0 Å². The Morgan fingerprint density at radius 3 is 2.74 bits per heavy atom. The van der Waals surface area contributed by atoms with E-state index >= 15 is 0 Å². The molecule has 0 saturated heterocycles. The van der Waals surface area contributed by atoms with Crippen LogP contribution in [0.15, 0.2) is 4.99 Å². The SMILES string of the molecule is COCCNC(=O)C(C)NC(N)=NC1CCCCC1. The number of carbonyl (C=O) groups is 1. The minimum atomic E-state index is -0.385. The van der Waals surface area contributed by atoms with Gasteiger partial charge in [0.1, 0.15) is 6.04 Å². The molecule has 0 aromatic carbocycles. The Hall–Kier alpha value is -1.30. The lowest BCUT2D eigenvalue weighted by Crippen LogP contribution is -2.48. The van der Waals surface area contributed by atoms with Gasteiger partial charge in [-0.25, -0.2) is 0 Å². The zero-order valence-electron chi connectivity index (χ0n) is 11.9. The van der Waals surface area contributed by atoms with E-state index < -0.39 is 0 Å². The number of nitrogens with one attached hydrogen (secondary N) is 2. The number of nitrogens with zero attached hydrogens (tertiary/aromatic N) is 1. The third kappa shape index (κ3) is 6.42. The fraction of sp³-hybridized carbons (Fsp3) is 0.846. The fourth-order valence-corrected chi connectivity index (χ4v) is 2.16. The molecule has 4 N–H and O–H groups in total. The number of nitrogens with two attached hydrogens (primary N) is 1. The number of rotatable bonds is 6. The van der Waals surface area contributed by atoms with Gasteiger partial charge in [0.25, 0.3) is 0 Å². The van der Waals surface area contributed by atoms with Gasteiger partial charge < -0.3 is 21.1 Å². The van der Waals surface area contributed by atoms with Crippen molar-refractivity contribution in [3.05, 3.63) is 0 Å². The second-order valence-corrected chi connectivity index (χ2v) is 4.96. The quantitative estimate of drug-likeness (QED) is 0.370. The highest BCUT2D eigenvalue weighted by atomic mass is 16.5.